The molecule has 8 aliphatic carbocycles. The quantitative estimate of drug-likeness (QED) is 0.238. The lowest BCUT2D eigenvalue weighted by molar-refractivity contribution is 0.155. The van der Waals surface area contributed by atoms with E-state index in [2.05, 4.69) is 152 Å². The summed E-state index contributed by atoms with van der Waals surface area (Å²) in [6, 6.07) is 0. The van der Waals surface area contributed by atoms with Gasteiger partial charge in [-0.2, -0.15) is 0 Å². The summed E-state index contributed by atoms with van der Waals surface area (Å²) in [4.78, 5) is 0. The van der Waals surface area contributed by atoms with Gasteiger partial charge >= 0.3 is 0 Å². The minimum atomic E-state index is 0.500. The second kappa shape index (κ2) is 42.2. The Morgan fingerprint density at radius 2 is 0.886 bits per heavy atom. The van der Waals surface area contributed by atoms with Crippen LogP contribution in [0.3, 0.4) is 0 Å². The predicted molar refractivity (Wildman–Crippen MR) is 326 cm³/mol. The molecular weight excluding hydrogens is 841 g/mol. The molecule has 0 amide bonds. The van der Waals surface area contributed by atoms with Crippen LogP contribution in [0.1, 0.15) is 364 Å². The summed E-state index contributed by atoms with van der Waals surface area (Å²) < 4.78 is 0. The molecule has 8 saturated carbocycles. The fraction of sp³-hybridized carbons (Fsp3) is 1.00. The molecule has 0 bridgehead atoms. The third-order valence-electron chi connectivity index (χ3n) is 20.1. The molecule has 0 heteroatoms. The Kier molecular flexibility index (Phi) is 43.4. The van der Waals surface area contributed by atoms with Gasteiger partial charge in [-0.1, -0.05) is 332 Å². The zero-order valence-electron chi connectivity index (χ0n) is 53.8. The van der Waals surface area contributed by atoms with E-state index in [0.29, 0.717) is 10.8 Å². The third-order valence-corrected chi connectivity index (χ3v) is 20.1. The van der Waals surface area contributed by atoms with Crippen molar-refractivity contribution < 1.29 is 0 Å². The van der Waals surface area contributed by atoms with Gasteiger partial charge in [0.2, 0.25) is 0 Å². The Hall–Kier alpha value is 0. The van der Waals surface area contributed by atoms with Crippen molar-refractivity contribution in [2.24, 2.45) is 87.3 Å². The molecule has 8 fully saturated rings. The van der Waals surface area contributed by atoms with E-state index in [1.54, 1.807) is 0 Å². The van der Waals surface area contributed by atoms with Crippen LogP contribution in [-0.2, 0) is 0 Å². The fourth-order valence-corrected chi connectivity index (χ4v) is 10.8. The van der Waals surface area contributed by atoms with Crippen LogP contribution in [0.15, 0.2) is 0 Å². The summed E-state index contributed by atoms with van der Waals surface area (Å²) in [5.41, 5.74) is 1.96. The molecule has 0 spiro atoms. The summed E-state index contributed by atoms with van der Waals surface area (Å²) in [5, 5.41) is 0. The minimum absolute atomic E-state index is 0.500. The molecule has 3 unspecified atom stereocenters. The highest BCUT2D eigenvalue weighted by atomic mass is 14.3. The molecule has 0 aromatic rings. The van der Waals surface area contributed by atoms with E-state index in [9.17, 15) is 0 Å². The molecule has 0 N–H and O–H groups in total. The van der Waals surface area contributed by atoms with Crippen LogP contribution in [0.25, 0.3) is 0 Å². The van der Waals surface area contributed by atoms with Gasteiger partial charge in [0.05, 0.1) is 0 Å². The lowest BCUT2D eigenvalue weighted by Crippen LogP contribution is -2.23. The highest BCUT2D eigenvalue weighted by Crippen LogP contribution is 2.43. The Bertz CT molecular complexity index is 1030. The first-order valence-electron chi connectivity index (χ1n) is 32.8. The summed E-state index contributed by atoms with van der Waals surface area (Å²) in [5.74, 6) is 11.9. The highest BCUT2D eigenvalue weighted by molar-refractivity contribution is 4.81. The summed E-state index contributed by atoms with van der Waals surface area (Å²) >= 11 is 0. The lowest BCUT2D eigenvalue weighted by Gasteiger charge is -2.37. The Morgan fingerprint density at radius 3 is 1.00 bits per heavy atom. The van der Waals surface area contributed by atoms with E-state index < -0.39 is 0 Å². The van der Waals surface area contributed by atoms with Crippen LogP contribution in [0.5, 0.6) is 0 Å². The molecule has 0 aliphatic heterocycles. The van der Waals surface area contributed by atoms with Gasteiger partial charge in [0, 0.05) is 0 Å². The van der Waals surface area contributed by atoms with E-state index in [4.69, 9.17) is 0 Å². The molecule has 8 aliphatic rings. The molecule has 70 heavy (non-hydrogen) atoms. The van der Waals surface area contributed by atoms with Crippen LogP contribution >= 0.6 is 0 Å². The molecular formula is C70H144. The van der Waals surface area contributed by atoms with Crippen molar-refractivity contribution >= 4 is 0 Å². The molecule has 0 heterocycles. The largest absolute Gasteiger partial charge is 0.0654 e. The van der Waals surface area contributed by atoms with Crippen molar-refractivity contribution in [3.63, 3.8) is 0 Å². The van der Waals surface area contributed by atoms with E-state index in [1.165, 1.54) is 212 Å². The van der Waals surface area contributed by atoms with Crippen LogP contribution < -0.4 is 0 Å². The van der Waals surface area contributed by atoms with Gasteiger partial charge in [-0.05, 0) is 119 Å². The summed E-state index contributed by atoms with van der Waals surface area (Å²) in [6.07, 6.45) is 48.6. The monoisotopic (exact) mass is 985 g/mol. The van der Waals surface area contributed by atoms with Gasteiger partial charge in [0.25, 0.3) is 0 Å². The second-order valence-corrected chi connectivity index (χ2v) is 29.3. The van der Waals surface area contributed by atoms with Crippen LogP contribution in [0.2, 0.25) is 0 Å². The molecule has 0 radical (unpaired) electrons. The van der Waals surface area contributed by atoms with Gasteiger partial charge in [0.15, 0.2) is 0 Å². The minimum Gasteiger partial charge on any atom is -0.0654 e. The lowest BCUT2D eigenvalue weighted by atomic mass is 9.69. The van der Waals surface area contributed by atoms with Crippen molar-refractivity contribution in [3.8, 4) is 0 Å². The molecule has 8 rings (SSSR count). The number of rotatable bonds is 7. The molecule has 424 valence electrons. The van der Waals surface area contributed by atoms with E-state index in [-0.39, 0.29) is 0 Å². The Labute approximate surface area is 449 Å². The molecule has 0 saturated heterocycles. The first kappa shape index (κ1) is 72.1. The van der Waals surface area contributed by atoms with E-state index in [0.717, 1.165) is 76.4 Å². The number of hydrogen-bond donors (Lipinski definition) is 0. The fourth-order valence-electron chi connectivity index (χ4n) is 10.8. The first-order valence-corrected chi connectivity index (χ1v) is 32.8. The maximum atomic E-state index is 2.39. The normalized spacial score (nSPS) is 26.0. The van der Waals surface area contributed by atoms with Crippen molar-refractivity contribution in [1.29, 1.82) is 0 Å². The standard InChI is InChI=1S/8C7H14.2C7H16/c1-6-3-4-7(2)5-6;1-7(2)5-3-4-6-7;1-6-4-3-5-7(6)2;1-6(2)7-4-3-5-7;1-7-5-3-2-4-6-7;1-3-7(2)5-4-6-7;1-2-7-5-3-4-6-7;1-2-4-7-5-3-6-7;1-6(2)7(3,4)5;1-5-7(4)6(2)3/h6-7H,3-5H2,1-2H3;3-6H2,1-2H3;2*6-7H,3-5H2,1-2H3;7H,2-6H2,1H3;3-6H2,1-2H3;2*7H,2-6H2,1H3;6H,1-5H3;6-7H,5H2,1-4H3/t6-,7?;;6-,7?;;;;;;;/m1.1......./s1. The van der Waals surface area contributed by atoms with Crippen molar-refractivity contribution in [1.82, 2.24) is 0 Å². The summed E-state index contributed by atoms with van der Waals surface area (Å²) in [6.45, 7) is 50.8. The summed E-state index contributed by atoms with van der Waals surface area (Å²) in [7, 11) is 0. The van der Waals surface area contributed by atoms with Gasteiger partial charge in [0.1, 0.15) is 0 Å². The average molecular weight is 986 g/mol. The van der Waals surface area contributed by atoms with Crippen LogP contribution in [0, 0.1) is 87.3 Å². The second-order valence-electron chi connectivity index (χ2n) is 29.3. The molecule has 0 aromatic carbocycles. The van der Waals surface area contributed by atoms with E-state index in [1.807, 2.05) is 0 Å². The average Bonchev–Trinajstić information content (AvgIpc) is 4.10. The van der Waals surface area contributed by atoms with Gasteiger partial charge in [-0.15, -0.1) is 0 Å². The first-order chi connectivity index (χ1) is 32.8. The van der Waals surface area contributed by atoms with Gasteiger partial charge in [-0.25, -0.2) is 0 Å². The number of hydrogen-bond acceptors (Lipinski definition) is 0. The van der Waals surface area contributed by atoms with Gasteiger partial charge in [-0.3, -0.25) is 0 Å². The van der Waals surface area contributed by atoms with Crippen LogP contribution in [-0.4, -0.2) is 0 Å². The Morgan fingerprint density at radius 1 is 0.457 bits per heavy atom. The smallest absolute Gasteiger partial charge is 0.0328 e. The molecule has 0 nitrogen and oxygen atoms in total. The maximum Gasteiger partial charge on any atom is -0.0328 e. The van der Waals surface area contributed by atoms with Crippen LogP contribution in [0.4, 0.5) is 0 Å². The van der Waals surface area contributed by atoms with Crippen molar-refractivity contribution in [2.45, 2.75) is 364 Å². The topological polar surface area (TPSA) is 0 Å². The van der Waals surface area contributed by atoms with Crippen molar-refractivity contribution in [2.75, 3.05) is 0 Å². The SMILES string of the molecule is CC(C)C(C)(C)C.CC(C)C1CCC1.CC1(C)CCCC1.CC1CCCCC1.CC1CCC[C@H]1C.CC1CC[C@@H](C)C1.CCC(C)C(C)C.CCC1(C)CCC1.CCC1CCCC1.CCCC1CCC1. The zero-order valence-corrected chi connectivity index (χ0v) is 53.8. The zero-order chi connectivity index (χ0) is 53.8. The third kappa shape index (κ3) is 40.3. The molecule has 5 atom stereocenters. The molecule has 0 aromatic heterocycles. The highest BCUT2D eigenvalue weighted by Gasteiger charge is 2.29. The van der Waals surface area contributed by atoms with Gasteiger partial charge < -0.3 is 0 Å². The maximum absolute atomic E-state index is 2.39. The predicted octanol–water partition coefficient (Wildman–Crippen LogP) is 25.6. The Balaban J connectivity index is 0. The van der Waals surface area contributed by atoms with E-state index >= 15 is 0 Å². The van der Waals surface area contributed by atoms with Crippen molar-refractivity contribution in [3.05, 3.63) is 0 Å².